The van der Waals surface area contributed by atoms with Gasteiger partial charge < -0.3 is 15.2 Å². The zero-order valence-electron chi connectivity index (χ0n) is 9.73. The normalized spacial score (nSPS) is 10.2. The van der Waals surface area contributed by atoms with Crippen molar-refractivity contribution in [1.82, 2.24) is 4.98 Å². The molecule has 0 unspecified atom stereocenters. The van der Waals surface area contributed by atoms with Crippen molar-refractivity contribution < 1.29 is 9.84 Å². The highest BCUT2D eigenvalue weighted by molar-refractivity contribution is 7.09. The summed E-state index contributed by atoms with van der Waals surface area (Å²) in [7, 11) is 1.53. The van der Waals surface area contributed by atoms with Crippen LogP contribution in [0.25, 0.3) is 0 Å². The number of anilines is 1. The van der Waals surface area contributed by atoms with Crippen molar-refractivity contribution in [3.8, 4) is 11.5 Å². The molecule has 4 nitrogen and oxygen atoms in total. The molecule has 0 saturated carbocycles. The molecule has 2 N–H and O–H groups in total. The topological polar surface area (TPSA) is 54.4 Å². The highest BCUT2D eigenvalue weighted by Gasteiger charge is 2.03. The third-order valence-electron chi connectivity index (χ3n) is 2.29. The monoisotopic (exact) mass is 250 g/mol. The van der Waals surface area contributed by atoms with E-state index in [4.69, 9.17) is 4.74 Å². The molecule has 5 heteroatoms. The number of aromatic nitrogens is 1. The Balaban J connectivity index is 2.02. The van der Waals surface area contributed by atoms with Gasteiger partial charge in [0.2, 0.25) is 0 Å². The predicted octanol–water partition coefficient (Wildman–Crippen LogP) is 2.78. The van der Waals surface area contributed by atoms with Crippen LogP contribution in [0.3, 0.4) is 0 Å². The molecule has 0 saturated heterocycles. The number of methoxy groups -OCH3 is 1. The van der Waals surface area contributed by atoms with Crippen molar-refractivity contribution >= 4 is 17.0 Å². The fourth-order valence-electron chi connectivity index (χ4n) is 1.46. The SMILES string of the molecule is COc1ccc(NCc2nc(C)cs2)cc1O. The lowest BCUT2D eigenvalue weighted by molar-refractivity contribution is 0.373. The molecule has 1 aromatic carbocycles. The third kappa shape index (κ3) is 2.88. The van der Waals surface area contributed by atoms with E-state index < -0.39 is 0 Å². The molecular formula is C12H14N2O2S. The van der Waals surface area contributed by atoms with E-state index in [1.54, 1.807) is 23.5 Å². The minimum absolute atomic E-state index is 0.132. The third-order valence-corrected chi connectivity index (χ3v) is 3.26. The lowest BCUT2D eigenvalue weighted by Gasteiger charge is -2.07. The van der Waals surface area contributed by atoms with Gasteiger partial charge in [-0.1, -0.05) is 0 Å². The highest BCUT2D eigenvalue weighted by atomic mass is 32.1. The van der Waals surface area contributed by atoms with Gasteiger partial charge in [0.25, 0.3) is 0 Å². The van der Waals surface area contributed by atoms with E-state index in [0.29, 0.717) is 12.3 Å². The first-order chi connectivity index (χ1) is 8.19. The maximum Gasteiger partial charge on any atom is 0.160 e. The molecule has 17 heavy (non-hydrogen) atoms. The van der Waals surface area contributed by atoms with Gasteiger partial charge in [-0.3, -0.25) is 0 Å². The molecule has 1 heterocycles. The molecule has 0 fully saturated rings. The first-order valence-corrected chi connectivity index (χ1v) is 6.09. The number of aryl methyl sites for hydroxylation is 1. The summed E-state index contributed by atoms with van der Waals surface area (Å²) in [5.41, 5.74) is 1.88. The Morgan fingerprint density at radius 2 is 2.29 bits per heavy atom. The zero-order chi connectivity index (χ0) is 12.3. The fourth-order valence-corrected chi connectivity index (χ4v) is 2.17. The van der Waals surface area contributed by atoms with E-state index in [0.717, 1.165) is 16.4 Å². The summed E-state index contributed by atoms with van der Waals surface area (Å²) in [4.78, 5) is 4.35. The number of aromatic hydroxyl groups is 1. The first kappa shape index (κ1) is 11.7. The van der Waals surface area contributed by atoms with Crippen LogP contribution in [0.1, 0.15) is 10.7 Å². The van der Waals surface area contributed by atoms with Gasteiger partial charge >= 0.3 is 0 Å². The molecule has 0 aliphatic heterocycles. The standard InChI is InChI=1S/C12H14N2O2S/c1-8-7-17-12(14-8)6-13-9-3-4-11(16-2)10(15)5-9/h3-5,7,13,15H,6H2,1-2H3. The summed E-state index contributed by atoms with van der Waals surface area (Å²) >= 11 is 1.62. The average Bonchev–Trinajstić information content (AvgIpc) is 2.73. The number of phenolic OH excluding ortho intramolecular Hbond substituents is 1. The number of ether oxygens (including phenoxy) is 1. The lowest BCUT2D eigenvalue weighted by atomic mass is 10.3. The summed E-state index contributed by atoms with van der Waals surface area (Å²) < 4.78 is 4.98. The van der Waals surface area contributed by atoms with Crippen LogP contribution in [0.2, 0.25) is 0 Å². The van der Waals surface area contributed by atoms with Crippen molar-refractivity contribution in [2.75, 3.05) is 12.4 Å². The Labute approximate surface area is 104 Å². The number of nitrogens with one attached hydrogen (secondary N) is 1. The van der Waals surface area contributed by atoms with Crippen molar-refractivity contribution in [2.24, 2.45) is 0 Å². The first-order valence-electron chi connectivity index (χ1n) is 5.21. The van der Waals surface area contributed by atoms with Crippen LogP contribution in [0.4, 0.5) is 5.69 Å². The average molecular weight is 250 g/mol. The van der Waals surface area contributed by atoms with Gasteiger partial charge in [0.15, 0.2) is 11.5 Å². The van der Waals surface area contributed by atoms with Gasteiger partial charge in [-0.05, 0) is 19.1 Å². The second-order valence-corrected chi connectivity index (χ2v) is 4.57. The largest absolute Gasteiger partial charge is 0.504 e. The summed E-state index contributed by atoms with van der Waals surface area (Å²) in [5.74, 6) is 0.605. The highest BCUT2D eigenvalue weighted by Crippen LogP contribution is 2.28. The van der Waals surface area contributed by atoms with E-state index in [1.165, 1.54) is 7.11 Å². The summed E-state index contributed by atoms with van der Waals surface area (Å²) in [6.07, 6.45) is 0. The molecule has 0 radical (unpaired) electrons. The van der Waals surface area contributed by atoms with Gasteiger partial charge in [0, 0.05) is 22.8 Å². The number of nitrogens with zero attached hydrogens (tertiary/aromatic N) is 1. The van der Waals surface area contributed by atoms with Crippen LogP contribution in [-0.4, -0.2) is 17.2 Å². The van der Waals surface area contributed by atoms with Crippen LogP contribution >= 0.6 is 11.3 Å². The van der Waals surface area contributed by atoms with Gasteiger partial charge in [-0.25, -0.2) is 4.98 Å². The quantitative estimate of drug-likeness (QED) is 0.876. The maximum absolute atomic E-state index is 9.61. The van der Waals surface area contributed by atoms with E-state index in [9.17, 15) is 5.11 Å². The second kappa shape index (κ2) is 5.05. The molecule has 0 amide bonds. The number of hydrogen-bond donors (Lipinski definition) is 2. The van der Waals surface area contributed by atoms with Crippen molar-refractivity contribution in [3.05, 3.63) is 34.3 Å². The summed E-state index contributed by atoms with van der Waals surface area (Å²) in [6.45, 7) is 2.63. The smallest absolute Gasteiger partial charge is 0.160 e. The number of phenols is 1. The molecule has 0 bridgehead atoms. The molecule has 1 aromatic heterocycles. The van der Waals surface area contributed by atoms with E-state index >= 15 is 0 Å². The van der Waals surface area contributed by atoms with Crippen molar-refractivity contribution in [2.45, 2.75) is 13.5 Å². The predicted molar refractivity (Wildman–Crippen MR) is 68.8 cm³/mol. The molecule has 0 aliphatic carbocycles. The van der Waals surface area contributed by atoms with Crippen LogP contribution < -0.4 is 10.1 Å². The summed E-state index contributed by atoms with van der Waals surface area (Å²) in [5, 5.41) is 15.9. The van der Waals surface area contributed by atoms with Gasteiger partial charge in [0.1, 0.15) is 5.01 Å². The second-order valence-electron chi connectivity index (χ2n) is 3.62. The number of rotatable bonds is 4. The van der Waals surface area contributed by atoms with E-state index in [-0.39, 0.29) is 5.75 Å². The van der Waals surface area contributed by atoms with E-state index in [1.807, 2.05) is 18.4 Å². The number of thiazole rings is 1. The van der Waals surface area contributed by atoms with Crippen LogP contribution in [0.15, 0.2) is 23.6 Å². The fraction of sp³-hybridized carbons (Fsp3) is 0.250. The van der Waals surface area contributed by atoms with Gasteiger partial charge in [0.05, 0.1) is 13.7 Å². The zero-order valence-corrected chi connectivity index (χ0v) is 10.5. The van der Waals surface area contributed by atoms with Crippen LogP contribution in [0.5, 0.6) is 11.5 Å². The molecule has 0 atom stereocenters. The minimum atomic E-state index is 0.132. The van der Waals surface area contributed by atoms with Crippen LogP contribution in [0, 0.1) is 6.92 Å². The van der Waals surface area contributed by atoms with Gasteiger partial charge in [-0.2, -0.15) is 0 Å². The Morgan fingerprint density at radius 1 is 1.47 bits per heavy atom. The Bertz CT molecular complexity index is 511. The van der Waals surface area contributed by atoms with Gasteiger partial charge in [-0.15, -0.1) is 11.3 Å². The lowest BCUT2D eigenvalue weighted by Crippen LogP contribution is -1.99. The van der Waals surface area contributed by atoms with Crippen molar-refractivity contribution in [1.29, 1.82) is 0 Å². The molecule has 2 rings (SSSR count). The molecule has 2 aromatic rings. The van der Waals surface area contributed by atoms with Crippen molar-refractivity contribution in [3.63, 3.8) is 0 Å². The molecule has 90 valence electrons. The maximum atomic E-state index is 9.61. The Kier molecular flexibility index (Phi) is 3.49. The Morgan fingerprint density at radius 3 is 2.88 bits per heavy atom. The molecular weight excluding hydrogens is 236 g/mol. The molecule has 0 aliphatic rings. The number of benzene rings is 1. The Hall–Kier alpha value is -1.75. The molecule has 0 spiro atoms. The summed E-state index contributed by atoms with van der Waals surface area (Å²) in [6, 6.07) is 5.23. The number of hydrogen-bond acceptors (Lipinski definition) is 5. The minimum Gasteiger partial charge on any atom is -0.504 e. The van der Waals surface area contributed by atoms with Crippen LogP contribution in [-0.2, 0) is 6.54 Å². The van der Waals surface area contributed by atoms with E-state index in [2.05, 4.69) is 10.3 Å².